The van der Waals surface area contributed by atoms with Gasteiger partial charge in [-0.25, -0.2) is 0 Å². The Balaban J connectivity index is 2.28. The molecule has 0 aliphatic carbocycles. The number of carbonyl (C=O) groups excluding carboxylic acids is 1. The Labute approximate surface area is 92.5 Å². The lowest BCUT2D eigenvalue weighted by Gasteiger charge is -2.02. The summed E-state index contributed by atoms with van der Waals surface area (Å²) < 4.78 is 0. The van der Waals surface area contributed by atoms with Crippen LogP contribution in [-0.4, -0.2) is 5.78 Å². The molecule has 0 N–H and O–H groups in total. The molecular formula is C14H20O. The van der Waals surface area contributed by atoms with E-state index in [4.69, 9.17) is 0 Å². The first-order valence-electron chi connectivity index (χ1n) is 5.79. The SMILES string of the molecule is CCc1ccc(CCCCC(C)=O)cc1. The Hall–Kier alpha value is -1.11. The molecule has 0 saturated heterocycles. The number of carbonyl (C=O) groups is 1. The second-order valence-corrected chi connectivity index (χ2v) is 4.08. The second kappa shape index (κ2) is 6.39. The van der Waals surface area contributed by atoms with Crippen LogP contribution in [0.3, 0.4) is 0 Å². The average molecular weight is 204 g/mol. The highest BCUT2D eigenvalue weighted by Gasteiger charge is 1.96. The zero-order valence-electron chi connectivity index (χ0n) is 9.75. The topological polar surface area (TPSA) is 17.1 Å². The van der Waals surface area contributed by atoms with Crippen molar-refractivity contribution in [3.05, 3.63) is 35.4 Å². The molecule has 0 fully saturated rings. The molecule has 0 amide bonds. The van der Waals surface area contributed by atoms with E-state index in [1.165, 1.54) is 11.1 Å². The summed E-state index contributed by atoms with van der Waals surface area (Å²) >= 11 is 0. The van der Waals surface area contributed by atoms with Crippen molar-refractivity contribution in [1.29, 1.82) is 0 Å². The largest absolute Gasteiger partial charge is 0.300 e. The number of unbranched alkanes of at least 4 members (excludes halogenated alkanes) is 1. The van der Waals surface area contributed by atoms with E-state index in [2.05, 4.69) is 31.2 Å². The fraction of sp³-hybridized carbons (Fsp3) is 0.500. The van der Waals surface area contributed by atoms with Gasteiger partial charge in [-0.1, -0.05) is 31.2 Å². The third-order valence-corrected chi connectivity index (χ3v) is 2.68. The van der Waals surface area contributed by atoms with E-state index < -0.39 is 0 Å². The molecule has 0 unspecified atom stereocenters. The van der Waals surface area contributed by atoms with E-state index in [1.807, 2.05) is 0 Å². The molecule has 0 heterocycles. The normalized spacial score (nSPS) is 10.3. The van der Waals surface area contributed by atoms with Gasteiger partial charge in [0.2, 0.25) is 0 Å². The van der Waals surface area contributed by atoms with Crippen molar-refractivity contribution < 1.29 is 4.79 Å². The highest BCUT2D eigenvalue weighted by atomic mass is 16.1. The monoisotopic (exact) mass is 204 g/mol. The number of hydrogen-bond donors (Lipinski definition) is 0. The lowest BCUT2D eigenvalue weighted by molar-refractivity contribution is -0.117. The highest BCUT2D eigenvalue weighted by Crippen LogP contribution is 2.09. The maximum Gasteiger partial charge on any atom is 0.129 e. The van der Waals surface area contributed by atoms with Crippen molar-refractivity contribution in [2.24, 2.45) is 0 Å². The number of hydrogen-bond acceptors (Lipinski definition) is 1. The summed E-state index contributed by atoms with van der Waals surface area (Å²) in [5, 5.41) is 0. The van der Waals surface area contributed by atoms with Gasteiger partial charge in [0.1, 0.15) is 5.78 Å². The van der Waals surface area contributed by atoms with Crippen LogP contribution in [0.1, 0.15) is 44.2 Å². The van der Waals surface area contributed by atoms with Crippen LogP contribution in [0.25, 0.3) is 0 Å². The molecule has 0 aliphatic heterocycles. The van der Waals surface area contributed by atoms with Gasteiger partial charge in [0, 0.05) is 6.42 Å². The van der Waals surface area contributed by atoms with Gasteiger partial charge in [0.25, 0.3) is 0 Å². The van der Waals surface area contributed by atoms with Gasteiger partial charge >= 0.3 is 0 Å². The molecule has 82 valence electrons. The van der Waals surface area contributed by atoms with Crippen LogP contribution < -0.4 is 0 Å². The first kappa shape index (κ1) is 12.0. The van der Waals surface area contributed by atoms with Gasteiger partial charge in [0.15, 0.2) is 0 Å². The van der Waals surface area contributed by atoms with Crippen LogP contribution in [0.2, 0.25) is 0 Å². The minimum atomic E-state index is 0.302. The fourth-order valence-electron chi connectivity index (χ4n) is 1.64. The van der Waals surface area contributed by atoms with Crippen LogP contribution >= 0.6 is 0 Å². The molecule has 0 spiro atoms. The van der Waals surface area contributed by atoms with E-state index in [1.54, 1.807) is 6.92 Å². The molecule has 1 nitrogen and oxygen atoms in total. The molecule has 0 bridgehead atoms. The lowest BCUT2D eigenvalue weighted by atomic mass is 10.0. The predicted octanol–water partition coefficient (Wildman–Crippen LogP) is 3.55. The van der Waals surface area contributed by atoms with E-state index in [9.17, 15) is 4.79 Å². The molecular weight excluding hydrogens is 184 g/mol. The number of benzene rings is 1. The van der Waals surface area contributed by atoms with Crippen LogP contribution in [-0.2, 0) is 17.6 Å². The number of rotatable bonds is 6. The van der Waals surface area contributed by atoms with Crippen molar-refractivity contribution in [3.8, 4) is 0 Å². The molecule has 1 aromatic carbocycles. The summed E-state index contributed by atoms with van der Waals surface area (Å²) in [6, 6.07) is 8.79. The van der Waals surface area contributed by atoms with E-state index in [-0.39, 0.29) is 0 Å². The summed E-state index contributed by atoms with van der Waals surface area (Å²) in [6.07, 6.45) is 5.06. The zero-order chi connectivity index (χ0) is 11.1. The maximum atomic E-state index is 10.7. The molecule has 15 heavy (non-hydrogen) atoms. The van der Waals surface area contributed by atoms with Crippen LogP contribution in [0.5, 0.6) is 0 Å². The van der Waals surface area contributed by atoms with Crippen molar-refractivity contribution in [2.45, 2.75) is 46.0 Å². The molecule has 1 aromatic rings. The Bertz CT molecular complexity index is 298. The smallest absolute Gasteiger partial charge is 0.129 e. The maximum absolute atomic E-state index is 10.7. The summed E-state index contributed by atoms with van der Waals surface area (Å²) in [7, 11) is 0. The fourth-order valence-corrected chi connectivity index (χ4v) is 1.64. The first-order valence-corrected chi connectivity index (χ1v) is 5.79. The number of aryl methyl sites for hydroxylation is 2. The Kier molecular flexibility index (Phi) is 5.09. The van der Waals surface area contributed by atoms with E-state index >= 15 is 0 Å². The van der Waals surface area contributed by atoms with Gasteiger partial charge < -0.3 is 4.79 Å². The molecule has 0 atom stereocenters. The van der Waals surface area contributed by atoms with Gasteiger partial charge in [0.05, 0.1) is 0 Å². The molecule has 0 saturated carbocycles. The molecule has 1 rings (SSSR count). The van der Waals surface area contributed by atoms with Crippen molar-refractivity contribution >= 4 is 5.78 Å². The zero-order valence-corrected chi connectivity index (χ0v) is 9.75. The summed E-state index contributed by atoms with van der Waals surface area (Å²) in [5.41, 5.74) is 2.78. The minimum Gasteiger partial charge on any atom is -0.300 e. The van der Waals surface area contributed by atoms with Gasteiger partial charge in [-0.05, 0) is 43.7 Å². The van der Waals surface area contributed by atoms with Crippen molar-refractivity contribution in [3.63, 3.8) is 0 Å². The lowest BCUT2D eigenvalue weighted by Crippen LogP contribution is -1.91. The predicted molar refractivity (Wildman–Crippen MR) is 64.1 cm³/mol. The Morgan fingerprint density at radius 3 is 2.20 bits per heavy atom. The van der Waals surface area contributed by atoms with Crippen molar-refractivity contribution in [2.75, 3.05) is 0 Å². The van der Waals surface area contributed by atoms with Crippen LogP contribution in [0.4, 0.5) is 0 Å². The second-order valence-electron chi connectivity index (χ2n) is 4.08. The van der Waals surface area contributed by atoms with E-state index in [0.717, 1.165) is 32.1 Å². The molecule has 1 heteroatoms. The van der Waals surface area contributed by atoms with E-state index in [0.29, 0.717) is 5.78 Å². The quantitative estimate of drug-likeness (QED) is 0.648. The summed E-state index contributed by atoms with van der Waals surface area (Å²) in [5.74, 6) is 0.302. The Morgan fingerprint density at radius 2 is 1.67 bits per heavy atom. The molecule has 0 radical (unpaired) electrons. The van der Waals surface area contributed by atoms with Gasteiger partial charge in [-0.15, -0.1) is 0 Å². The van der Waals surface area contributed by atoms with Crippen LogP contribution in [0.15, 0.2) is 24.3 Å². The van der Waals surface area contributed by atoms with Crippen LogP contribution in [0, 0.1) is 0 Å². The summed E-state index contributed by atoms with van der Waals surface area (Å²) in [6.45, 7) is 3.83. The minimum absolute atomic E-state index is 0.302. The summed E-state index contributed by atoms with van der Waals surface area (Å²) in [4.78, 5) is 10.7. The third kappa shape index (κ3) is 4.78. The highest BCUT2D eigenvalue weighted by molar-refractivity contribution is 5.75. The standard InChI is InChI=1S/C14H20O/c1-3-13-8-10-14(11-9-13)7-5-4-6-12(2)15/h8-11H,3-7H2,1-2H3. The number of Topliss-reactive ketones (excluding diaryl/α,β-unsaturated/α-hetero) is 1. The molecule has 0 aromatic heterocycles. The van der Waals surface area contributed by atoms with Crippen molar-refractivity contribution in [1.82, 2.24) is 0 Å². The number of ketones is 1. The Morgan fingerprint density at radius 1 is 1.07 bits per heavy atom. The first-order chi connectivity index (χ1) is 7.22. The van der Waals surface area contributed by atoms with Gasteiger partial charge in [-0.3, -0.25) is 0 Å². The third-order valence-electron chi connectivity index (χ3n) is 2.68. The average Bonchev–Trinajstić information content (AvgIpc) is 2.25. The van der Waals surface area contributed by atoms with Gasteiger partial charge in [-0.2, -0.15) is 0 Å². The molecule has 0 aliphatic rings.